The number of Topliss-reactive ketones (excluding diaryl/α,β-unsaturated/α-hetero) is 1. The molecule has 0 amide bonds. The normalized spacial score (nSPS) is 20.3. The van der Waals surface area contributed by atoms with E-state index in [1.807, 2.05) is 13.0 Å². The highest BCUT2D eigenvalue weighted by molar-refractivity contribution is 7.91. The molecule has 1 saturated carbocycles. The Labute approximate surface area is 108 Å². The molecule has 1 atom stereocenters. The van der Waals surface area contributed by atoms with Gasteiger partial charge in [-0.2, -0.15) is 0 Å². The lowest BCUT2D eigenvalue weighted by Gasteiger charge is -2.09. The lowest BCUT2D eigenvalue weighted by molar-refractivity contribution is -0.120. The van der Waals surface area contributed by atoms with Crippen LogP contribution < -0.4 is 0 Å². The maximum Gasteiger partial charge on any atom is 0.178 e. The summed E-state index contributed by atoms with van der Waals surface area (Å²) in [4.78, 5) is 11.9. The maximum atomic E-state index is 12.1. The average molecular weight is 266 g/mol. The maximum absolute atomic E-state index is 12.1. The fourth-order valence-electron chi connectivity index (χ4n) is 2.42. The van der Waals surface area contributed by atoms with E-state index in [-0.39, 0.29) is 17.5 Å². The van der Waals surface area contributed by atoms with Crippen LogP contribution in [0.25, 0.3) is 0 Å². The molecule has 0 bridgehead atoms. The molecule has 98 valence electrons. The minimum Gasteiger partial charge on any atom is -0.299 e. The summed E-state index contributed by atoms with van der Waals surface area (Å²) >= 11 is 0. The molecule has 4 heteroatoms. The first kappa shape index (κ1) is 13.3. The average Bonchev–Trinajstić information content (AvgIpc) is 2.72. The van der Waals surface area contributed by atoms with Gasteiger partial charge >= 0.3 is 0 Å². The number of benzene rings is 1. The van der Waals surface area contributed by atoms with E-state index in [4.69, 9.17) is 0 Å². The number of carbonyl (C=O) groups excluding carboxylic acids is 1. The highest BCUT2D eigenvalue weighted by atomic mass is 32.2. The second-order valence-electron chi connectivity index (χ2n) is 4.98. The molecule has 1 unspecified atom stereocenters. The van der Waals surface area contributed by atoms with E-state index in [2.05, 4.69) is 0 Å². The second-order valence-corrected chi connectivity index (χ2v) is 7.09. The second kappa shape index (κ2) is 5.22. The molecule has 3 nitrogen and oxygen atoms in total. The van der Waals surface area contributed by atoms with Gasteiger partial charge in [-0.05, 0) is 43.9 Å². The monoisotopic (exact) mass is 266 g/mol. The van der Waals surface area contributed by atoms with Crippen molar-refractivity contribution in [1.82, 2.24) is 0 Å². The molecular weight excluding hydrogens is 248 g/mol. The molecule has 18 heavy (non-hydrogen) atoms. The SMILES string of the molecule is Cc1cccc(S(=O)(=O)CCC2CCCC2=O)c1. The fraction of sp³-hybridized carbons (Fsp3) is 0.500. The number of hydrogen-bond donors (Lipinski definition) is 0. The van der Waals surface area contributed by atoms with E-state index in [1.165, 1.54) is 0 Å². The minimum absolute atomic E-state index is 0.0374. The summed E-state index contributed by atoms with van der Waals surface area (Å²) in [5, 5.41) is 0. The zero-order chi connectivity index (χ0) is 13.2. The highest BCUT2D eigenvalue weighted by Crippen LogP contribution is 2.26. The molecule has 1 fully saturated rings. The first-order valence-electron chi connectivity index (χ1n) is 6.31. The molecule has 1 aromatic rings. The predicted molar refractivity (Wildman–Crippen MR) is 70.2 cm³/mol. The van der Waals surface area contributed by atoms with Crippen LogP contribution in [-0.4, -0.2) is 20.0 Å². The number of sulfone groups is 1. The summed E-state index contributed by atoms with van der Waals surface area (Å²) in [6.45, 7) is 1.87. The molecule has 2 rings (SSSR count). The fourth-order valence-corrected chi connectivity index (χ4v) is 3.90. The summed E-state index contributed by atoms with van der Waals surface area (Å²) in [5.74, 6) is 0.270. The van der Waals surface area contributed by atoms with Gasteiger partial charge in [-0.1, -0.05) is 12.1 Å². The zero-order valence-corrected chi connectivity index (χ0v) is 11.4. The third kappa shape index (κ3) is 2.99. The lowest BCUT2D eigenvalue weighted by atomic mass is 10.1. The Morgan fingerprint density at radius 2 is 2.11 bits per heavy atom. The van der Waals surface area contributed by atoms with Crippen LogP contribution in [0.1, 0.15) is 31.2 Å². The van der Waals surface area contributed by atoms with E-state index in [0.717, 1.165) is 18.4 Å². The number of rotatable bonds is 4. The molecule has 0 aliphatic heterocycles. The molecule has 0 N–H and O–H groups in total. The van der Waals surface area contributed by atoms with Crippen LogP contribution in [0.3, 0.4) is 0 Å². The van der Waals surface area contributed by atoms with Crippen LogP contribution in [0.2, 0.25) is 0 Å². The van der Waals surface area contributed by atoms with Crippen molar-refractivity contribution in [2.45, 2.75) is 37.5 Å². The van der Waals surface area contributed by atoms with Crippen molar-refractivity contribution in [2.75, 3.05) is 5.75 Å². The van der Waals surface area contributed by atoms with Gasteiger partial charge in [0.15, 0.2) is 9.84 Å². The molecule has 1 aliphatic carbocycles. The zero-order valence-electron chi connectivity index (χ0n) is 10.6. The van der Waals surface area contributed by atoms with Crippen molar-refractivity contribution in [2.24, 2.45) is 5.92 Å². The molecule has 0 aromatic heterocycles. The molecule has 1 aliphatic rings. The summed E-state index contributed by atoms with van der Waals surface area (Å²) in [6.07, 6.45) is 2.85. The van der Waals surface area contributed by atoms with Crippen molar-refractivity contribution in [1.29, 1.82) is 0 Å². The van der Waals surface area contributed by atoms with E-state index in [9.17, 15) is 13.2 Å². The van der Waals surface area contributed by atoms with Gasteiger partial charge in [0.25, 0.3) is 0 Å². The Balaban J connectivity index is 2.06. The molecule has 0 saturated heterocycles. The lowest BCUT2D eigenvalue weighted by Crippen LogP contribution is -2.14. The Kier molecular flexibility index (Phi) is 3.85. The largest absolute Gasteiger partial charge is 0.299 e. The summed E-state index contributed by atoms with van der Waals surface area (Å²) < 4.78 is 24.3. The minimum atomic E-state index is -3.25. The van der Waals surface area contributed by atoms with Gasteiger partial charge in [-0.25, -0.2) is 8.42 Å². The van der Waals surface area contributed by atoms with Crippen molar-refractivity contribution >= 4 is 15.6 Å². The third-order valence-corrected chi connectivity index (χ3v) is 5.26. The molecular formula is C14H18O3S. The topological polar surface area (TPSA) is 51.2 Å². The smallest absolute Gasteiger partial charge is 0.178 e. The van der Waals surface area contributed by atoms with E-state index in [1.54, 1.807) is 18.2 Å². The predicted octanol–water partition coefficient (Wildman–Crippen LogP) is 2.53. The van der Waals surface area contributed by atoms with Gasteiger partial charge < -0.3 is 0 Å². The van der Waals surface area contributed by atoms with Gasteiger partial charge in [0.1, 0.15) is 5.78 Å². The van der Waals surface area contributed by atoms with Crippen molar-refractivity contribution in [3.05, 3.63) is 29.8 Å². The van der Waals surface area contributed by atoms with E-state index >= 15 is 0 Å². The van der Waals surface area contributed by atoms with Gasteiger partial charge in [0, 0.05) is 12.3 Å². The molecule has 0 heterocycles. The first-order valence-corrected chi connectivity index (χ1v) is 7.96. The quantitative estimate of drug-likeness (QED) is 0.841. The number of hydrogen-bond acceptors (Lipinski definition) is 3. The highest BCUT2D eigenvalue weighted by Gasteiger charge is 2.26. The van der Waals surface area contributed by atoms with E-state index in [0.29, 0.717) is 17.7 Å². The molecule has 1 aromatic carbocycles. The Morgan fingerprint density at radius 3 is 2.72 bits per heavy atom. The van der Waals surface area contributed by atoms with Gasteiger partial charge in [0.05, 0.1) is 10.6 Å². The summed E-state index contributed by atoms with van der Waals surface area (Å²) in [7, 11) is -3.25. The van der Waals surface area contributed by atoms with Crippen molar-refractivity contribution < 1.29 is 13.2 Å². The Bertz CT molecular complexity index is 546. The van der Waals surface area contributed by atoms with Crippen LogP contribution in [0.15, 0.2) is 29.2 Å². The van der Waals surface area contributed by atoms with Crippen LogP contribution >= 0.6 is 0 Å². The number of aryl methyl sites for hydroxylation is 1. The number of carbonyl (C=O) groups is 1. The van der Waals surface area contributed by atoms with Crippen LogP contribution in [-0.2, 0) is 14.6 Å². The Hall–Kier alpha value is -1.16. The van der Waals surface area contributed by atoms with Crippen LogP contribution in [0, 0.1) is 12.8 Å². The van der Waals surface area contributed by atoms with Gasteiger partial charge in [-0.15, -0.1) is 0 Å². The summed E-state index contributed by atoms with van der Waals surface area (Å²) in [5.41, 5.74) is 0.938. The van der Waals surface area contributed by atoms with Gasteiger partial charge in [-0.3, -0.25) is 4.79 Å². The van der Waals surface area contributed by atoms with Crippen LogP contribution in [0.5, 0.6) is 0 Å². The van der Waals surface area contributed by atoms with Crippen molar-refractivity contribution in [3.8, 4) is 0 Å². The van der Waals surface area contributed by atoms with E-state index < -0.39 is 9.84 Å². The third-order valence-electron chi connectivity index (χ3n) is 3.51. The standard InChI is InChI=1S/C14H18O3S/c1-11-4-2-6-13(10-11)18(16,17)9-8-12-5-3-7-14(12)15/h2,4,6,10,12H,3,5,7-9H2,1H3. The Morgan fingerprint density at radius 1 is 1.33 bits per heavy atom. The number of ketones is 1. The van der Waals surface area contributed by atoms with Crippen LogP contribution in [0.4, 0.5) is 0 Å². The summed E-state index contributed by atoms with van der Waals surface area (Å²) in [6, 6.07) is 6.94. The molecule has 0 spiro atoms. The van der Waals surface area contributed by atoms with Gasteiger partial charge in [0.2, 0.25) is 0 Å². The first-order chi connectivity index (χ1) is 8.49. The molecule has 0 radical (unpaired) electrons. The van der Waals surface area contributed by atoms with Crippen molar-refractivity contribution in [3.63, 3.8) is 0 Å².